The number of carbonyl (C=O) groups excluding carboxylic acids is 2. The first-order chi connectivity index (χ1) is 14.8. The number of fused-ring (bicyclic) bond motifs is 1. The minimum Gasteiger partial charge on any atom is -0.503 e. The average molecular weight is 437 g/mol. The van der Waals surface area contributed by atoms with E-state index in [-0.39, 0.29) is 35.7 Å². The maximum absolute atomic E-state index is 12.6. The molecule has 1 aromatic heterocycles. The summed E-state index contributed by atoms with van der Waals surface area (Å²) in [6, 6.07) is 5.90. The van der Waals surface area contributed by atoms with Crippen LogP contribution < -0.4 is 15.5 Å². The van der Waals surface area contributed by atoms with Gasteiger partial charge in [-0.1, -0.05) is 18.2 Å². The zero-order valence-electron chi connectivity index (χ0n) is 16.6. The van der Waals surface area contributed by atoms with Crippen molar-refractivity contribution < 1.29 is 33.0 Å². The second kappa shape index (κ2) is 9.56. The molecule has 9 nitrogen and oxygen atoms in total. The molecule has 0 saturated carbocycles. The number of hydrogen-bond acceptors (Lipinski definition) is 6. The van der Waals surface area contributed by atoms with Gasteiger partial charge in [0.05, 0.1) is 6.61 Å². The van der Waals surface area contributed by atoms with Crippen LogP contribution in [-0.4, -0.2) is 59.8 Å². The molecule has 2 N–H and O–H groups in total. The van der Waals surface area contributed by atoms with E-state index in [1.807, 2.05) is 0 Å². The van der Waals surface area contributed by atoms with E-state index in [0.717, 1.165) is 0 Å². The second-order valence-electron chi connectivity index (χ2n) is 6.72. The Bertz CT molecular complexity index is 1040. The highest BCUT2D eigenvalue weighted by molar-refractivity contribution is 5.99. The number of carbonyl (C=O) groups is 2. The van der Waals surface area contributed by atoms with Crippen LogP contribution in [-0.2, 0) is 17.8 Å². The Morgan fingerprint density at radius 2 is 2.00 bits per heavy atom. The highest BCUT2D eigenvalue weighted by Gasteiger charge is 2.30. The van der Waals surface area contributed by atoms with Crippen molar-refractivity contribution in [2.45, 2.75) is 19.7 Å². The van der Waals surface area contributed by atoms with E-state index in [1.165, 1.54) is 41.0 Å². The van der Waals surface area contributed by atoms with Gasteiger partial charge in [-0.05, 0) is 6.07 Å². The Balaban J connectivity index is 1.80. The predicted octanol–water partition coefficient (Wildman–Crippen LogP) is 1.19. The van der Waals surface area contributed by atoms with E-state index in [1.54, 1.807) is 6.07 Å². The van der Waals surface area contributed by atoms with Crippen LogP contribution in [0.5, 0.6) is 11.5 Å². The van der Waals surface area contributed by atoms with Gasteiger partial charge in [0.2, 0.25) is 5.43 Å². The molecule has 0 atom stereocenters. The van der Waals surface area contributed by atoms with Gasteiger partial charge in [-0.2, -0.15) is 8.78 Å². The van der Waals surface area contributed by atoms with Crippen LogP contribution in [0, 0.1) is 0 Å². The number of benzene rings is 1. The largest absolute Gasteiger partial charge is 0.503 e. The van der Waals surface area contributed by atoms with Gasteiger partial charge in [-0.3, -0.25) is 14.4 Å². The van der Waals surface area contributed by atoms with Gasteiger partial charge in [0.15, 0.2) is 11.4 Å². The van der Waals surface area contributed by atoms with Gasteiger partial charge < -0.3 is 29.4 Å². The fourth-order valence-electron chi connectivity index (χ4n) is 3.24. The number of hydrogen-bond donors (Lipinski definition) is 2. The normalized spacial score (nSPS) is 13.3. The van der Waals surface area contributed by atoms with E-state index in [0.29, 0.717) is 19.7 Å². The summed E-state index contributed by atoms with van der Waals surface area (Å²) in [5, 5.41) is 12.8. The summed E-state index contributed by atoms with van der Waals surface area (Å²) >= 11 is 0. The van der Waals surface area contributed by atoms with Crippen LogP contribution in [0.4, 0.5) is 8.78 Å². The topological polar surface area (TPSA) is 110 Å². The van der Waals surface area contributed by atoms with Crippen molar-refractivity contribution in [3.63, 3.8) is 0 Å². The minimum absolute atomic E-state index is 0.107. The highest BCUT2D eigenvalue weighted by Crippen LogP contribution is 2.22. The number of aromatic hydroxyl groups is 1. The highest BCUT2D eigenvalue weighted by atomic mass is 19.3. The Morgan fingerprint density at radius 3 is 2.71 bits per heavy atom. The van der Waals surface area contributed by atoms with Gasteiger partial charge in [-0.15, -0.1) is 0 Å². The van der Waals surface area contributed by atoms with Crippen LogP contribution >= 0.6 is 0 Å². The first kappa shape index (κ1) is 22.2. The molecular weight excluding hydrogens is 416 g/mol. The van der Waals surface area contributed by atoms with Crippen molar-refractivity contribution in [1.82, 2.24) is 14.8 Å². The molecule has 0 unspecified atom stereocenters. The van der Waals surface area contributed by atoms with E-state index >= 15 is 0 Å². The molecule has 1 aliphatic rings. The van der Waals surface area contributed by atoms with Crippen LogP contribution in [0.2, 0.25) is 0 Å². The van der Waals surface area contributed by atoms with Crippen molar-refractivity contribution in [3.8, 4) is 11.5 Å². The lowest BCUT2D eigenvalue weighted by Gasteiger charge is -2.30. The van der Waals surface area contributed by atoms with Crippen molar-refractivity contribution >= 4 is 11.8 Å². The summed E-state index contributed by atoms with van der Waals surface area (Å²) in [7, 11) is 1.49. The summed E-state index contributed by atoms with van der Waals surface area (Å²) in [6.45, 7) is -2.03. The van der Waals surface area contributed by atoms with E-state index in [9.17, 15) is 28.3 Å². The molecule has 0 bridgehead atoms. The quantitative estimate of drug-likeness (QED) is 0.642. The SMILES string of the molecule is COCCN1CCn2cc(C(=O)NCc3ccccc3OC(F)F)c(=O)c(O)c2C1=O. The zero-order valence-corrected chi connectivity index (χ0v) is 16.6. The Hall–Kier alpha value is -3.47. The van der Waals surface area contributed by atoms with Crippen LogP contribution in [0.15, 0.2) is 35.3 Å². The molecular formula is C20H21F2N3O6. The number of ether oxygens (including phenoxy) is 2. The third-order valence-corrected chi connectivity index (χ3v) is 4.79. The van der Waals surface area contributed by atoms with Crippen LogP contribution in [0.3, 0.4) is 0 Å². The molecule has 166 valence electrons. The summed E-state index contributed by atoms with van der Waals surface area (Å²) in [5.74, 6) is -2.29. The molecule has 0 radical (unpaired) electrons. The number of aromatic nitrogens is 1. The van der Waals surface area contributed by atoms with Gasteiger partial charge in [0, 0.05) is 45.0 Å². The molecule has 1 aromatic carbocycles. The van der Waals surface area contributed by atoms with Crippen molar-refractivity contribution in [2.75, 3.05) is 26.8 Å². The molecule has 2 heterocycles. The number of para-hydroxylation sites is 1. The van der Waals surface area contributed by atoms with Crippen molar-refractivity contribution in [3.05, 3.63) is 57.5 Å². The number of rotatable bonds is 8. The lowest BCUT2D eigenvalue weighted by Crippen LogP contribution is -2.44. The summed E-state index contributed by atoms with van der Waals surface area (Å²) in [5.41, 5.74) is -1.28. The monoisotopic (exact) mass is 437 g/mol. The summed E-state index contributed by atoms with van der Waals surface area (Å²) < 4.78 is 35.8. The minimum atomic E-state index is -3.03. The molecule has 11 heteroatoms. The fraction of sp³-hybridized carbons (Fsp3) is 0.350. The molecule has 2 aromatic rings. The second-order valence-corrected chi connectivity index (χ2v) is 6.72. The van der Waals surface area contributed by atoms with Crippen molar-refractivity contribution in [2.24, 2.45) is 0 Å². The Morgan fingerprint density at radius 1 is 1.26 bits per heavy atom. The van der Waals surface area contributed by atoms with Crippen molar-refractivity contribution in [1.29, 1.82) is 0 Å². The van der Waals surface area contributed by atoms with Gasteiger partial charge in [0.1, 0.15) is 11.3 Å². The van der Waals surface area contributed by atoms with Gasteiger partial charge >= 0.3 is 6.61 Å². The third-order valence-electron chi connectivity index (χ3n) is 4.79. The molecule has 3 rings (SSSR count). The fourth-order valence-corrected chi connectivity index (χ4v) is 3.24. The average Bonchev–Trinajstić information content (AvgIpc) is 2.74. The number of pyridine rings is 1. The standard InChI is InChI=1S/C20H21F2N3O6/c1-30-9-8-24-6-7-25-11-13(16(26)17(27)15(25)19(24)29)18(28)23-10-12-4-2-3-5-14(12)31-20(21)22/h2-5,11,20,27H,6-10H2,1H3,(H,23,28). The molecule has 0 aliphatic carbocycles. The van der Waals surface area contributed by atoms with Gasteiger partial charge in [0.25, 0.3) is 11.8 Å². The molecule has 0 saturated heterocycles. The molecule has 0 spiro atoms. The van der Waals surface area contributed by atoms with E-state index in [2.05, 4.69) is 10.1 Å². The smallest absolute Gasteiger partial charge is 0.387 e. The maximum Gasteiger partial charge on any atom is 0.387 e. The molecule has 1 aliphatic heterocycles. The number of amides is 2. The Kier molecular flexibility index (Phi) is 6.85. The van der Waals surface area contributed by atoms with E-state index in [4.69, 9.17) is 4.74 Å². The lowest BCUT2D eigenvalue weighted by molar-refractivity contribution is -0.0504. The van der Waals surface area contributed by atoms with Crippen LogP contribution in [0.1, 0.15) is 26.4 Å². The summed E-state index contributed by atoms with van der Waals surface area (Å²) in [6.07, 6.45) is 1.21. The molecule has 31 heavy (non-hydrogen) atoms. The van der Waals surface area contributed by atoms with Gasteiger partial charge in [-0.25, -0.2) is 0 Å². The van der Waals surface area contributed by atoms with E-state index < -0.39 is 29.6 Å². The summed E-state index contributed by atoms with van der Waals surface area (Å²) in [4.78, 5) is 39.1. The number of nitrogens with one attached hydrogen (secondary N) is 1. The van der Waals surface area contributed by atoms with Crippen LogP contribution in [0.25, 0.3) is 0 Å². The first-order valence-corrected chi connectivity index (χ1v) is 9.39. The Labute approximate surface area is 175 Å². The molecule has 2 amide bonds. The number of nitrogens with zero attached hydrogens (tertiary/aromatic N) is 2. The third kappa shape index (κ3) is 4.82. The predicted molar refractivity (Wildman–Crippen MR) is 104 cm³/mol. The number of halogens is 2. The number of alkyl halides is 2. The number of methoxy groups -OCH3 is 1. The lowest BCUT2D eigenvalue weighted by atomic mass is 10.1. The maximum atomic E-state index is 12.6. The zero-order chi connectivity index (χ0) is 22.5. The first-order valence-electron chi connectivity index (χ1n) is 9.39. The molecule has 0 fully saturated rings.